The summed E-state index contributed by atoms with van der Waals surface area (Å²) < 4.78 is 5.66. The van der Waals surface area contributed by atoms with Crippen LogP contribution < -0.4 is 10.6 Å². The van der Waals surface area contributed by atoms with E-state index in [1.165, 1.54) is 0 Å². The first-order valence-corrected chi connectivity index (χ1v) is 5.80. The normalized spacial score (nSPS) is 27.7. The second-order valence-corrected chi connectivity index (χ2v) is 4.17. The highest BCUT2D eigenvalue weighted by Crippen LogP contribution is 2.18. The van der Waals surface area contributed by atoms with E-state index in [0.717, 1.165) is 19.4 Å². The molecule has 3 atom stereocenters. The Morgan fingerprint density at radius 1 is 1.53 bits per heavy atom. The first-order valence-electron chi connectivity index (χ1n) is 5.80. The molecule has 0 aromatic rings. The van der Waals surface area contributed by atoms with Gasteiger partial charge in [-0.1, -0.05) is 0 Å². The van der Waals surface area contributed by atoms with Crippen molar-refractivity contribution in [3.63, 3.8) is 0 Å². The molecule has 0 saturated carbocycles. The lowest BCUT2D eigenvalue weighted by atomic mass is 10.2. The van der Waals surface area contributed by atoms with Crippen LogP contribution in [-0.2, 0) is 9.53 Å². The minimum absolute atomic E-state index is 0.0588. The third-order valence-electron chi connectivity index (χ3n) is 2.72. The molecule has 1 saturated heterocycles. The minimum atomic E-state index is -0.135. The van der Waals surface area contributed by atoms with Crippen molar-refractivity contribution >= 4 is 5.91 Å². The van der Waals surface area contributed by atoms with Crippen molar-refractivity contribution in [1.82, 2.24) is 10.6 Å². The fraction of sp³-hybridized carbons (Fsp3) is 0.909. The van der Waals surface area contributed by atoms with Crippen molar-refractivity contribution in [3.05, 3.63) is 0 Å². The molecule has 4 heteroatoms. The van der Waals surface area contributed by atoms with Crippen LogP contribution in [-0.4, -0.2) is 37.2 Å². The maximum Gasteiger partial charge on any atom is 0.236 e. The van der Waals surface area contributed by atoms with Crippen LogP contribution in [0.3, 0.4) is 0 Å². The highest BCUT2D eigenvalue weighted by Gasteiger charge is 2.22. The van der Waals surface area contributed by atoms with E-state index in [9.17, 15) is 4.79 Å². The summed E-state index contributed by atoms with van der Waals surface area (Å²) in [6.07, 6.45) is 2.87. The van der Waals surface area contributed by atoms with Gasteiger partial charge in [-0.3, -0.25) is 4.79 Å². The second kappa shape index (κ2) is 6.08. The zero-order chi connectivity index (χ0) is 11.3. The molecule has 0 spiro atoms. The highest BCUT2D eigenvalue weighted by atomic mass is 16.5. The van der Waals surface area contributed by atoms with Crippen LogP contribution in [0.15, 0.2) is 0 Å². The maximum atomic E-state index is 11.4. The smallest absolute Gasteiger partial charge is 0.236 e. The number of amides is 1. The number of hydrogen-bond donors (Lipinski definition) is 2. The van der Waals surface area contributed by atoms with Crippen LogP contribution in [0.25, 0.3) is 0 Å². The molecule has 0 bridgehead atoms. The number of likely N-dealkylation sites (N-methyl/N-ethyl adjacent to an activating group) is 1. The monoisotopic (exact) mass is 214 g/mol. The van der Waals surface area contributed by atoms with E-state index in [0.29, 0.717) is 12.6 Å². The third kappa shape index (κ3) is 4.18. The Hall–Kier alpha value is -0.610. The van der Waals surface area contributed by atoms with Crippen LogP contribution in [0.4, 0.5) is 0 Å². The number of carbonyl (C=O) groups is 1. The van der Waals surface area contributed by atoms with Crippen molar-refractivity contribution in [2.45, 2.75) is 51.9 Å². The summed E-state index contributed by atoms with van der Waals surface area (Å²) in [6, 6.07) is -0.135. The molecular formula is C11H22N2O2. The lowest BCUT2D eigenvalue weighted by Gasteiger charge is -2.16. The van der Waals surface area contributed by atoms with Crippen molar-refractivity contribution in [2.75, 3.05) is 13.1 Å². The van der Waals surface area contributed by atoms with Crippen molar-refractivity contribution in [1.29, 1.82) is 0 Å². The van der Waals surface area contributed by atoms with Gasteiger partial charge in [0.15, 0.2) is 0 Å². The van der Waals surface area contributed by atoms with E-state index in [-0.39, 0.29) is 18.1 Å². The Morgan fingerprint density at radius 2 is 2.27 bits per heavy atom. The topological polar surface area (TPSA) is 50.4 Å². The van der Waals surface area contributed by atoms with E-state index in [2.05, 4.69) is 17.6 Å². The van der Waals surface area contributed by atoms with Gasteiger partial charge in [0.1, 0.15) is 0 Å². The number of rotatable bonds is 5. The third-order valence-corrected chi connectivity index (χ3v) is 2.72. The van der Waals surface area contributed by atoms with Crippen LogP contribution in [0.2, 0.25) is 0 Å². The lowest BCUT2D eigenvalue weighted by Crippen LogP contribution is -2.44. The number of hydrogen-bond acceptors (Lipinski definition) is 3. The van der Waals surface area contributed by atoms with E-state index in [1.54, 1.807) is 0 Å². The summed E-state index contributed by atoms with van der Waals surface area (Å²) in [7, 11) is 0. The van der Waals surface area contributed by atoms with Gasteiger partial charge in [0.2, 0.25) is 5.91 Å². The Morgan fingerprint density at radius 3 is 2.80 bits per heavy atom. The summed E-state index contributed by atoms with van der Waals surface area (Å²) in [6.45, 7) is 7.34. The Bertz CT molecular complexity index is 209. The Kier molecular flexibility index (Phi) is 5.05. The number of carbonyl (C=O) groups excluding carboxylic acids is 1. The predicted molar refractivity (Wildman–Crippen MR) is 59.7 cm³/mol. The molecule has 2 N–H and O–H groups in total. The van der Waals surface area contributed by atoms with Gasteiger partial charge < -0.3 is 15.4 Å². The molecule has 88 valence electrons. The molecule has 0 aromatic carbocycles. The summed E-state index contributed by atoms with van der Waals surface area (Å²) in [5.74, 6) is 0.0588. The fourth-order valence-corrected chi connectivity index (χ4v) is 1.76. The molecule has 1 amide bonds. The van der Waals surface area contributed by atoms with Crippen molar-refractivity contribution in [3.8, 4) is 0 Å². The van der Waals surface area contributed by atoms with Gasteiger partial charge in [-0.25, -0.2) is 0 Å². The quantitative estimate of drug-likeness (QED) is 0.707. The zero-order valence-electron chi connectivity index (χ0n) is 9.88. The largest absolute Gasteiger partial charge is 0.374 e. The van der Waals surface area contributed by atoms with Crippen LogP contribution in [0.1, 0.15) is 33.6 Å². The average Bonchev–Trinajstić information content (AvgIpc) is 2.61. The molecule has 4 nitrogen and oxygen atoms in total. The molecule has 0 aliphatic carbocycles. The molecule has 3 unspecified atom stereocenters. The number of ether oxygens (including phenoxy) is 1. The van der Waals surface area contributed by atoms with E-state index >= 15 is 0 Å². The summed E-state index contributed by atoms with van der Waals surface area (Å²) >= 11 is 0. The molecule has 1 aliphatic heterocycles. The van der Waals surface area contributed by atoms with Crippen LogP contribution in [0, 0.1) is 0 Å². The van der Waals surface area contributed by atoms with Gasteiger partial charge >= 0.3 is 0 Å². The lowest BCUT2D eigenvalue weighted by molar-refractivity contribution is -0.122. The standard InChI is InChI=1S/C11H22N2O2/c1-4-12-11(14)9(3)13-7-10-6-5-8(2)15-10/h8-10,13H,4-7H2,1-3H3,(H,12,14). The van der Waals surface area contributed by atoms with Crippen molar-refractivity contribution in [2.24, 2.45) is 0 Å². The highest BCUT2D eigenvalue weighted by molar-refractivity contribution is 5.81. The minimum Gasteiger partial charge on any atom is -0.374 e. The zero-order valence-corrected chi connectivity index (χ0v) is 9.88. The van der Waals surface area contributed by atoms with Crippen LogP contribution in [0.5, 0.6) is 0 Å². The SMILES string of the molecule is CCNC(=O)C(C)NCC1CCC(C)O1. The molecule has 1 aliphatic rings. The molecule has 0 radical (unpaired) electrons. The number of nitrogens with one attached hydrogen (secondary N) is 2. The maximum absolute atomic E-state index is 11.4. The average molecular weight is 214 g/mol. The van der Waals surface area contributed by atoms with Gasteiger partial charge in [-0.15, -0.1) is 0 Å². The molecule has 15 heavy (non-hydrogen) atoms. The predicted octanol–water partition coefficient (Wildman–Crippen LogP) is 0.668. The Labute approximate surface area is 91.8 Å². The molecule has 1 heterocycles. The molecule has 1 fully saturated rings. The van der Waals surface area contributed by atoms with E-state index in [1.807, 2.05) is 13.8 Å². The molecular weight excluding hydrogens is 192 g/mol. The first-order chi connectivity index (χ1) is 7.13. The van der Waals surface area contributed by atoms with E-state index < -0.39 is 0 Å². The fourth-order valence-electron chi connectivity index (χ4n) is 1.76. The molecule has 0 aromatic heterocycles. The van der Waals surface area contributed by atoms with Gasteiger partial charge in [-0.2, -0.15) is 0 Å². The van der Waals surface area contributed by atoms with Gasteiger partial charge in [0, 0.05) is 13.1 Å². The van der Waals surface area contributed by atoms with Crippen LogP contribution >= 0.6 is 0 Å². The summed E-state index contributed by atoms with van der Waals surface area (Å²) in [4.78, 5) is 11.4. The second-order valence-electron chi connectivity index (χ2n) is 4.17. The van der Waals surface area contributed by atoms with Gasteiger partial charge in [0.05, 0.1) is 18.2 Å². The van der Waals surface area contributed by atoms with Gasteiger partial charge in [-0.05, 0) is 33.6 Å². The van der Waals surface area contributed by atoms with E-state index in [4.69, 9.17) is 4.74 Å². The molecule has 1 rings (SSSR count). The van der Waals surface area contributed by atoms with Crippen molar-refractivity contribution < 1.29 is 9.53 Å². The van der Waals surface area contributed by atoms with Gasteiger partial charge in [0.25, 0.3) is 0 Å². The Balaban J connectivity index is 2.16. The summed E-state index contributed by atoms with van der Waals surface area (Å²) in [5, 5.41) is 5.98. The first kappa shape index (κ1) is 12.5. The summed E-state index contributed by atoms with van der Waals surface area (Å²) in [5.41, 5.74) is 0.